The van der Waals surface area contributed by atoms with Gasteiger partial charge < -0.3 is 5.32 Å². The van der Waals surface area contributed by atoms with Crippen LogP contribution in [0.2, 0.25) is 0 Å². The van der Waals surface area contributed by atoms with Gasteiger partial charge in [0.15, 0.2) is 0 Å². The molecule has 0 aliphatic heterocycles. The Morgan fingerprint density at radius 2 is 2.08 bits per heavy atom. The highest BCUT2D eigenvalue weighted by atomic mass is 32.2. The molecule has 0 aromatic carbocycles. The smallest absolute Gasteiger partial charge is 0.211 e. The minimum Gasteiger partial charge on any atom is -0.320 e. The molecule has 0 heterocycles. The fraction of sp³-hybridized carbons (Fsp3) is 0.750. The summed E-state index contributed by atoms with van der Waals surface area (Å²) in [4.78, 5) is 0. The van der Waals surface area contributed by atoms with Crippen molar-refractivity contribution in [3.05, 3.63) is 12.7 Å². The fourth-order valence-electron chi connectivity index (χ4n) is 0.803. The lowest BCUT2D eigenvalue weighted by molar-refractivity contribution is 0.577. The maximum Gasteiger partial charge on any atom is 0.211 e. The Morgan fingerprint density at radius 1 is 1.38 bits per heavy atom. The molecule has 78 valence electrons. The SMILES string of the molecule is C=CCCS(=O)(=O)NCCCNC. The number of allylic oxidation sites excluding steroid dienone is 1. The van der Waals surface area contributed by atoms with E-state index in [0.29, 0.717) is 13.0 Å². The van der Waals surface area contributed by atoms with Gasteiger partial charge in [0.05, 0.1) is 5.75 Å². The molecule has 0 radical (unpaired) electrons. The minimum atomic E-state index is -3.07. The van der Waals surface area contributed by atoms with Crippen LogP contribution in [0.3, 0.4) is 0 Å². The van der Waals surface area contributed by atoms with Gasteiger partial charge in [0.2, 0.25) is 10.0 Å². The van der Waals surface area contributed by atoms with Gasteiger partial charge in [-0.2, -0.15) is 0 Å². The summed E-state index contributed by atoms with van der Waals surface area (Å²) >= 11 is 0. The first-order chi connectivity index (χ1) is 6.12. The lowest BCUT2D eigenvalue weighted by Crippen LogP contribution is -2.28. The Labute approximate surface area is 80.5 Å². The van der Waals surface area contributed by atoms with Crippen molar-refractivity contribution >= 4 is 10.0 Å². The summed E-state index contributed by atoms with van der Waals surface area (Å²) in [5, 5.41) is 2.95. The van der Waals surface area contributed by atoms with E-state index in [4.69, 9.17) is 0 Å². The van der Waals surface area contributed by atoms with Crippen molar-refractivity contribution in [3.8, 4) is 0 Å². The normalized spacial score (nSPS) is 11.5. The van der Waals surface area contributed by atoms with Crippen LogP contribution in [0.4, 0.5) is 0 Å². The summed E-state index contributed by atoms with van der Waals surface area (Å²) in [5.41, 5.74) is 0. The second-order valence-electron chi connectivity index (χ2n) is 2.75. The van der Waals surface area contributed by atoms with E-state index in [-0.39, 0.29) is 5.75 Å². The van der Waals surface area contributed by atoms with Crippen LogP contribution >= 0.6 is 0 Å². The number of rotatable bonds is 8. The Hall–Kier alpha value is -0.390. The number of sulfonamides is 1. The summed E-state index contributed by atoms with van der Waals surface area (Å²) in [6.45, 7) is 4.79. The molecular formula is C8H18N2O2S. The van der Waals surface area contributed by atoms with Crippen molar-refractivity contribution in [1.29, 1.82) is 0 Å². The molecule has 0 fully saturated rings. The van der Waals surface area contributed by atoms with Crippen LogP contribution in [-0.2, 0) is 10.0 Å². The summed E-state index contributed by atoms with van der Waals surface area (Å²) < 4.78 is 24.9. The maximum atomic E-state index is 11.2. The van der Waals surface area contributed by atoms with Gasteiger partial charge in [-0.25, -0.2) is 13.1 Å². The first-order valence-corrected chi connectivity index (χ1v) is 6.00. The Balaban J connectivity index is 3.57. The van der Waals surface area contributed by atoms with Crippen molar-refractivity contribution in [3.63, 3.8) is 0 Å². The van der Waals surface area contributed by atoms with E-state index >= 15 is 0 Å². The van der Waals surface area contributed by atoms with Crippen molar-refractivity contribution in [2.24, 2.45) is 0 Å². The Morgan fingerprint density at radius 3 is 2.62 bits per heavy atom. The van der Waals surface area contributed by atoms with E-state index in [1.165, 1.54) is 0 Å². The van der Waals surface area contributed by atoms with Crippen molar-refractivity contribution in [1.82, 2.24) is 10.0 Å². The van der Waals surface area contributed by atoms with Gasteiger partial charge in [-0.1, -0.05) is 6.08 Å². The van der Waals surface area contributed by atoms with E-state index in [9.17, 15) is 8.42 Å². The molecule has 0 unspecified atom stereocenters. The molecule has 0 atom stereocenters. The molecule has 0 aromatic heterocycles. The third-order valence-electron chi connectivity index (χ3n) is 1.52. The average Bonchev–Trinajstić information content (AvgIpc) is 2.09. The molecule has 0 saturated carbocycles. The highest BCUT2D eigenvalue weighted by Crippen LogP contribution is 1.90. The zero-order chi connectivity index (χ0) is 10.2. The Kier molecular flexibility index (Phi) is 6.84. The molecular weight excluding hydrogens is 188 g/mol. The zero-order valence-corrected chi connectivity index (χ0v) is 8.86. The van der Waals surface area contributed by atoms with Gasteiger partial charge >= 0.3 is 0 Å². The largest absolute Gasteiger partial charge is 0.320 e. The first kappa shape index (κ1) is 12.6. The molecule has 0 bridgehead atoms. The van der Waals surface area contributed by atoms with Crippen LogP contribution in [0, 0.1) is 0 Å². The lowest BCUT2D eigenvalue weighted by Gasteiger charge is -2.04. The van der Waals surface area contributed by atoms with Crippen LogP contribution < -0.4 is 10.0 Å². The van der Waals surface area contributed by atoms with E-state index in [1.807, 2.05) is 7.05 Å². The maximum absolute atomic E-state index is 11.2. The minimum absolute atomic E-state index is 0.135. The molecule has 0 rings (SSSR count). The highest BCUT2D eigenvalue weighted by molar-refractivity contribution is 7.89. The summed E-state index contributed by atoms with van der Waals surface area (Å²) in [5.74, 6) is 0.135. The summed E-state index contributed by atoms with van der Waals surface area (Å²) in [6, 6.07) is 0. The number of hydrogen-bond donors (Lipinski definition) is 2. The van der Waals surface area contributed by atoms with E-state index in [0.717, 1.165) is 13.0 Å². The van der Waals surface area contributed by atoms with Crippen LogP contribution in [0.25, 0.3) is 0 Å². The molecule has 0 aliphatic rings. The second-order valence-corrected chi connectivity index (χ2v) is 4.67. The molecule has 0 amide bonds. The van der Waals surface area contributed by atoms with Gasteiger partial charge in [0.1, 0.15) is 0 Å². The van der Waals surface area contributed by atoms with E-state index in [2.05, 4.69) is 16.6 Å². The second kappa shape index (κ2) is 7.06. The van der Waals surface area contributed by atoms with Gasteiger partial charge in [0.25, 0.3) is 0 Å². The van der Waals surface area contributed by atoms with Gasteiger partial charge in [-0.3, -0.25) is 0 Å². The summed E-state index contributed by atoms with van der Waals surface area (Å²) in [7, 11) is -1.23. The van der Waals surface area contributed by atoms with Gasteiger partial charge in [0, 0.05) is 6.54 Å². The standard InChI is InChI=1S/C8H18N2O2S/c1-3-4-8-13(11,12)10-7-5-6-9-2/h3,9-10H,1,4-8H2,2H3. The highest BCUT2D eigenvalue weighted by Gasteiger charge is 2.06. The van der Waals surface area contributed by atoms with Crippen molar-refractivity contribution < 1.29 is 8.42 Å². The van der Waals surface area contributed by atoms with Crippen molar-refractivity contribution in [2.45, 2.75) is 12.8 Å². The van der Waals surface area contributed by atoms with Crippen molar-refractivity contribution in [2.75, 3.05) is 25.9 Å². The molecule has 0 aromatic rings. The monoisotopic (exact) mass is 206 g/mol. The Bertz CT molecular complexity index is 224. The van der Waals surface area contributed by atoms with E-state index in [1.54, 1.807) is 6.08 Å². The topological polar surface area (TPSA) is 58.2 Å². The summed E-state index contributed by atoms with van der Waals surface area (Å²) in [6.07, 6.45) is 2.91. The quantitative estimate of drug-likeness (QED) is 0.437. The third kappa shape index (κ3) is 7.95. The fourth-order valence-corrected chi connectivity index (χ4v) is 1.88. The molecule has 5 heteroatoms. The predicted molar refractivity (Wildman–Crippen MR) is 55.1 cm³/mol. The van der Waals surface area contributed by atoms with Crippen LogP contribution in [0.5, 0.6) is 0 Å². The van der Waals surface area contributed by atoms with Crippen LogP contribution in [-0.4, -0.2) is 34.3 Å². The van der Waals surface area contributed by atoms with Crippen LogP contribution in [0.1, 0.15) is 12.8 Å². The first-order valence-electron chi connectivity index (χ1n) is 4.35. The lowest BCUT2D eigenvalue weighted by atomic mass is 10.4. The number of hydrogen-bond acceptors (Lipinski definition) is 3. The molecule has 0 spiro atoms. The predicted octanol–water partition coefficient (Wildman–Crippen LogP) is 0.0914. The average molecular weight is 206 g/mol. The zero-order valence-electron chi connectivity index (χ0n) is 8.04. The molecule has 0 aliphatic carbocycles. The third-order valence-corrected chi connectivity index (χ3v) is 2.93. The molecule has 4 nitrogen and oxygen atoms in total. The van der Waals surface area contributed by atoms with Gasteiger partial charge in [-0.15, -0.1) is 6.58 Å². The van der Waals surface area contributed by atoms with Gasteiger partial charge in [-0.05, 0) is 26.4 Å². The van der Waals surface area contributed by atoms with Crippen LogP contribution in [0.15, 0.2) is 12.7 Å². The molecule has 13 heavy (non-hydrogen) atoms. The molecule has 0 saturated heterocycles. The number of nitrogens with one attached hydrogen (secondary N) is 2. The molecule has 2 N–H and O–H groups in total. The van der Waals surface area contributed by atoms with E-state index < -0.39 is 10.0 Å².